The maximum Gasteiger partial charge on any atom is 0.135 e. The number of alkyl halides is 1. The molecule has 62 valence electrons. The molecule has 0 amide bonds. The molecular weight excluding hydrogens is 222 g/mol. The molecule has 1 aliphatic rings. The number of hydrogen-bond donors (Lipinski definition) is 0. The molecule has 1 aliphatic heterocycles. The van der Waals surface area contributed by atoms with Crippen LogP contribution in [0.15, 0.2) is 23.3 Å². The van der Waals surface area contributed by atoms with Crippen LogP contribution in [-0.4, -0.2) is 15.7 Å². The van der Waals surface area contributed by atoms with Crippen LogP contribution in [0.3, 0.4) is 0 Å². The predicted molar refractivity (Wildman–Crippen MR) is 55.6 cm³/mol. The Hall–Kier alpha value is 0.110. The molecular formula is C8H12BrNS. The molecule has 0 aromatic rings. The van der Waals surface area contributed by atoms with E-state index in [-0.39, 0.29) is 0 Å². The van der Waals surface area contributed by atoms with Crippen LogP contribution in [0.5, 0.6) is 0 Å². The van der Waals surface area contributed by atoms with Gasteiger partial charge in [-0.1, -0.05) is 33.8 Å². The van der Waals surface area contributed by atoms with Gasteiger partial charge in [-0.3, -0.25) is 0 Å². The van der Waals surface area contributed by atoms with E-state index in [4.69, 9.17) is 0 Å². The molecule has 0 saturated carbocycles. The fourth-order valence-electron chi connectivity index (χ4n) is 1.01. The van der Waals surface area contributed by atoms with Gasteiger partial charge in [-0.2, -0.15) is 0 Å². The second kappa shape index (κ2) is 3.68. The van der Waals surface area contributed by atoms with Crippen molar-refractivity contribution in [1.82, 2.24) is 4.90 Å². The van der Waals surface area contributed by atoms with Gasteiger partial charge in [0.2, 0.25) is 0 Å². The van der Waals surface area contributed by atoms with Gasteiger partial charge in [0.05, 0.1) is 0 Å². The summed E-state index contributed by atoms with van der Waals surface area (Å²) in [5.74, 6) is 0. The van der Waals surface area contributed by atoms with Gasteiger partial charge < -0.3 is 4.90 Å². The van der Waals surface area contributed by atoms with E-state index in [0.29, 0.717) is 4.28 Å². The number of allylic oxidation sites excluding steroid dienone is 2. The van der Waals surface area contributed by atoms with Crippen molar-refractivity contribution in [3.8, 4) is 0 Å². The van der Waals surface area contributed by atoms with Crippen molar-refractivity contribution in [1.29, 1.82) is 0 Å². The lowest BCUT2D eigenvalue weighted by Gasteiger charge is -2.21. The fraction of sp³-hybridized carbons (Fsp3) is 0.500. The quantitative estimate of drug-likeness (QED) is 0.410. The van der Waals surface area contributed by atoms with Crippen LogP contribution in [0.1, 0.15) is 13.8 Å². The Bertz CT molecular complexity index is 200. The molecule has 1 nitrogen and oxygen atoms in total. The number of thioether (sulfide) groups is 1. The van der Waals surface area contributed by atoms with Crippen LogP contribution in [0.25, 0.3) is 0 Å². The Kier molecular flexibility index (Phi) is 3.07. The highest BCUT2D eigenvalue weighted by atomic mass is 79.9. The van der Waals surface area contributed by atoms with Crippen LogP contribution in [0.4, 0.5) is 0 Å². The molecule has 0 saturated heterocycles. The minimum absolute atomic E-state index is 0.403. The monoisotopic (exact) mass is 233 g/mol. The molecule has 0 aliphatic carbocycles. The van der Waals surface area contributed by atoms with Crippen molar-refractivity contribution in [2.45, 2.75) is 18.1 Å². The summed E-state index contributed by atoms with van der Waals surface area (Å²) in [4.78, 5) is 3.68. The van der Waals surface area contributed by atoms with E-state index in [2.05, 4.69) is 41.3 Å². The van der Waals surface area contributed by atoms with Gasteiger partial charge in [-0.15, -0.1) is 6.58 Å². The first kappa shape index (κ1) is 9.20. The zero-order valence-corrected chi connectivity index (χ0v) is 9.20. The maximum absolute atomic E-state index is 3.72. The topological polar surface area (TPSA) is 3.24 Å². The summed E-state index contributed by atoms with van der Waals surface area (Å²) < 4.78 is 0.403. The highest BCUT2D eigenvalue weighted by Crippen LogP contribution is 2.40. The number of rotatable bonds is 2. The lowest BCUT2D eigenvalue weighted by atomic mass is 10.4. The third-order valence-electron chi connectivity index (χ3n) is 1.79. The van der Waals surface area contributed by atoms with Gasteiger partial charge in [0.15, 0.2) is 0 Å². The van der Waals surface area contributed by atoms with Crippen molar-refractivity contribution in [3.05, 3.63) is 23.3 Å². The highest BCUT2D eigenvalue weighted by Gasteiger charge is 2.24. The summed E-state index contributed by atoms with van der Waals surface area (Å²) in [6.07, 6.45) is 1.93. The molecule has 1 atom stereocenters. The third kappa shape index (κ3) is 1.82. The second-order valence-electron chi connectivity index (χ2n) is 2.49. The van der Waals surface area contributed by atoms with Gasteiger partial charge in [0.25, 0.3) is 0 Å². The van der Waals surface area contributed by atoms with Crippen LogP contribution in [-0.2, 0) is 0 Å². The first-order valence-corrected chi connectivity index (χ1v) is 5.32. The van der Waals surface area contributed by atoms with Gasteiger partial charge >= 0.3 is 0 Å². The Balaban J connectivity index is 2.70. The SMILES string of the molecule is C=CCN1C(C)=C(C)SC1Br. The van der Waals surface area contributed by atoms with E-state index >= 15 is 0 Å². The highest BCUT2D eigenvalue weighted by molar-refractivity contribution is 9.11. The van der Waals surface area contributed by atoms with Gasteiger partial charge in [-0.05, 0) is 13.8 Å². The summed E-state index contributed by atoms with van der Waals surface area (Å²) >= 11 is 5.44. The average molecular weight is 234 g/mol. The number of nitrogens with zero attached hydrogens (tertiary/aromatic N) is 1. The van der Waals surface area contributed by atoms with Crippen LogP contribution < -0.4 is 0 Å². The van der Waals surface area contributed by atoms with E-state index in [1.54, 1.807) is 0 Å². The van der Waals surface area contributed by atoms with Crippen LogP contribution in [0.2, 0.25) is 0 Å². The summed E-state index contributed by atoms with van der Waals surface area (Å²) in [7, 11) is 0. The van der Waals surface area contributed by atoms with Crippen LogP contribution in [0, 0.1) is 0 Å². The normalized spacial score (nSPS) is 24.6. The second-order valence-corrected chi connectivity index (χ2v) is 5.26. The molecule has 0 aromatic heterocycles. The molecule has 0 aromatic carbocycles. The summed E-state index contributed by atoms with van der Waals surface area (Å²) in [5.41, 5.74) is 1.36. The molecule has 0 spiro atoms. The smallest absolute Gasteiger partial charge is 0.135 e. The van der Waals surface area contributed by atoms with E-state index in [0.717, 1.165) is 6.54 Å². The molecule has 0 fully saturated rings. The number of hydrogen-bond acceptors (Lipinski definition) is 2. The first-order valence-electron chi connectivity index (χ1n) is 3.52. The predicted octanol–water partition coefficient (Wildman–Crippen LogP) is 3.15. The zero-order chi connectivity index (χ0) is 8.43. The van der Waals surface area contributed by atoms with Gasteiger partial charge in [0.1, 0.15) is 4.28 Å². The zero-order valence-electron chi connectivity index (χ0n) is 6.80. The largest absolute Gasteiger partial charge is 0.349 e. The summed E-state index contributed by atoms with van der Waals surface area (Å²) in [6.45, 7) is 8.94. The Labute approximate surface area is 80.7 Å². The fourth-order valence-corrected chi connectivity index (χ4v) is 3.27. The van der Waals surface area contributed by atoms with E-state index in [1.165, 1.54) is 10.6 Å². The molecule has 1 heterocycles. The molecule has 0 N–H and O–H groups in total. The lowest BCUT2D eigenvalue weighted by molar-refractivity contribution is 0.438. The average Bonchev–Trinajstić information content (AvgIpc) is 2.17. The van der Waals surface area contributed by atoms with Crippen molar-refractivity contribution >= 4 is 27.7 Å². The van der Waals surface area contributed by atoms with Crippen LogP contribution >= 0.6 is 27.7 Å². The molecule has 11 heavy (non-hydrogen) atoms. The minimum atomic E-state index is 0.403. The first-order chi connectivity index (χ1) is 5.16. The third-order valence-corrected chi connectivity index (χ3v) is 3.94. The molecule has 0 radical (unpaired) electrons. The lowest BCUT2D eigenvalue weighted by Crippen LogP contribution is -2.22. The Morgan fingerprint density at radius 1 is 1.73 bits per heavy atom. The van der Waals surface area contributed by atoms with E-state index < -0.39 is 0 Å². The van der Waals surface area contributed by atoms with Crippen molar-refractivity contribution < 1.29 is 0 Å². The molecule has 1 rings (SSSR count). The Morgan fingerprint density at radius 2 is 2.36 bits per heavy atom. The Morgan fingerprint density at radius 3 is 2.73 bits per heavy atom. The van der Waals surface area contributed by atoms with E-state index in [1.807, 2.05) is 17.8 Å². The van der Waals surface area contributed by atoms with Gasteiger partial charge in [-0.25, -0.2) is 0 Å². The molecule has 0 bridgehead atoms. The minimum Gasteiger partial charge on any atom is -0.349 e. The van der Waals surface area contributed by atoms with E-state index in [9.17, 15) is 0 Å². The molecule has 3 heteroatoms. The van der Waals surface area contributed by atoms with Crippen molar-refractivity contribution in [2.24, 2.45) is 0 Å². The van der Waals surface area contributed by atoms with Crippen molar-refractivity contribution in [2.75, 3.05) is 6.54 Å². The standard InChI is InChI=1S/C8H12BrNS/c1-4-5-10-6(2)7(3)11-8(10)9/h4,8H,1,5H2,2-3H3. The molecule has 1 unspecified atom stereocenters. The van der Waals surface area contributed by atoms with Crippen molar-refractivity contribution in [3.63, 3.8) is 0 Å². The summed E-state index contributed by atoms with van der Waals surface area (Å²) in [5, 5.41) is 0. The number of halogens is 1. The summed E-state index contributed by atoms with van der Waals surface area (Å²) in [6, 6.07) is 0. The maximum atomic E-state index is 3.72. The van der Waals surface area contributed by atoms with Gasteiger partial charge in [0, 0.05) is 17.1 Å².